The average molecular weight is 299 g/mol. The van der Waals surface area contributed by atoms with E-state index in [9.17, 15) is 8.42 Å². The molecule has 0 radical (unpaired) electrons. The number of allylic oxidation sites excluding steroid dienone is 3. The molecule has 0 saturated heterocycles. The van der Waals surface area contributed by atoms with Gasteiger partial charge in [0.25, 0.3) is 0 Å². The van der Waals surface area contributed by atoms with Crippen molar-refractivity contribution in [3.63, 3.8) is 0 Å². The maximum Gasteiger partial charge on any atom is 0.178 e. The molecule has 19 heavy (non-hydrogen) atoms. The van der Waals surface area contributed by atoms with E-state index in [4.69, 9.17) is 11.6 Å². The maximum atomic E-state index is 12.0. The van der Waals surface area contributed by atoms with Gasteiger partial charge in [-0.25, -0.2) is 8.42 Å². The van der Waals surface area contributed by atoms with E-state index in [1.54, 1.807) is 24.3 Å². The number of rotatable bonds is 8. The third-order valence-electron chi connectivity index (χ3n) is 2.67. The molecule has 1 aromatic rings. The zero-order valence-electron chi connectivity index (χ0n) is 10.9. The standard InChI is InChI=1S/C15H19ClO2S/c1-2-3-4-5-6-7-8-13-19(17,18)15-11-9-14(16)10-12-15/h2,6-7,9-12H,1,3-5,8,13H2/b7-6+. The van der Waals surface area contributed by atoms with E-state index in [1.165, 1.54) is 0 Å². The molecule has 1 aromatic carbocycles. The molecule has 0 bridgehead atoms. The van der Waals surface area contributed by atoms with Crippen LogP contribution in [0.4, 0.5) is 0 Å². The van der Waals surface area contributed by atoms with Crippen LogP contribution < -0.4 is 0 Å². The van der Waals surface area contributed by atoms with Crippen LogP contribution >= 0.6 is 11.6 Å². The van der Waals surface area contributed by atoms with Crippen LogP contribution in [0, 0.1) is 0 Å². The topological polar surface area (TPSA) is 34.1 Å². The molecule has 4 heteroatoms. The first-order chi connectivity index (χ1) is 9.06. The molecule has 0 saturated carbocycles. The van der Waals surface area contributed by atoms with E-state index in [2.05, 4.69) is 6.58 Å². The van der Waals surface area contributed by atoms with E-state index >= 15 is 0 Å². The third-order valence-corrected chi connectivity index (χ3v) is 4.69. The summed E-state index contributed by atoms with van der Waals surface area (Å²) in [4.78, 5) is 0.331. The minimum atomic E-state index is -3.20. The molecule has 0 fully saturated rings. The summed E-state index contributed by atoms with van der Waals surface area (Å²) in [5.41, 5.74) is 0. The second-order valence-corrected chi connectivity index (χ2v) is 6.80. The number of benzene rings is 1. The highest BCUT2D eigenvalue weighted by atomic mass is 35.5. The van der Waals surface area contributed by atoms with E-state index in [0.717, 1.165) is 19.3 Å². The molecule has 0 amide bonds. The maximum absolute atomic E-state index is 12.0. The number of sulfone groups is 1. The van der Waals surface area contributed by atoms with Crippen LogP contribution in [-0.4, -0.2) is 14.2 Å². The molecule has 0 spiro atoms. The molecular formula is C15H19ClO2S. The summed E-state index contributed by atoms with van der Waals surface area (Å²) >= 11 is 5.74. The second-order valence-electron chi connectivity index (χ2n) is 4.25. The van der Waals surface area contributed by atoms with Crippen molar-refractivity contribution in [2.24, 2.45) is 0 Å². The van der Waals surface area contributed by atoms with Gasteiger partial charge in [-0.2, -0.15) is 0 Å². The van der Waals surface area contributed by atoms with E-state index in [-0.39, 0.29) is 5.75 Å². The predicted molar refractivity (Wildman–Crippen MR) is 81.3 cm³/mol. The molecular weight excluding hydrogens is 280 g/mol. The fourth-order valence-corrected chi connectivity index (χ4v) is 2.96. The minimum Gasteiger partial charge on any atom is -0.224 e. The van der Waals surface area contributed by atoms with Crippen LogP contribution in [0.15, 0.2) is 54.0 Å². The van der Waals surface area contributed by atoms with Crippen LogP contribution in [0.25, 0.3) is 0 Å². The smallest absolute Gasteiger partial charge is 0.178 e. The lowest BCUT2D eigenvalue weighted by atomic mass is 10.2. The van der Waals surface area contributed by atoms with Gasteiger partial charge in [-0.3, -0.25) is 0 Å². The predicted octanol–water partition coefficient (Wildman–Crippen LogP) is 4.42. The number of halogens is 1. The summed E-state index contributed by atoms with van der Waals surface area (Å²) in [7, 11) is -3.20. The van der Waals surface area contributed by atoms with Crippen LogP contribution in [0.5, 0.6) is 0 Å². The molecule has 0 N–H and O–H groups in total. The first-order valence-electron chi connectivity index (χ1n) is 6.30. The number of hydrogen-bond donors (Lipinski definition) is 0. The van der Waals surface area contributed by atoms with E-state index < -0.39 is 9.84 Å². The molecule has 0 aliphatic heterocycles. The SMILES string of the molecule is C=CCCC/C=C/CCS(=O)(=O)c1ccc(Cl)cc1. The van der Waals surface area contributed by atoms with Crippen LogP contribution in [0.1, 0.15) is 25.7 Å². The highest BCUT2D eigenvalue weighted by molar-refractivity contribution is 7.91. The molecule has 0 atom stereocenters. The van der Waals surface area contributed by atoms with Crippen molar-refractivity contribution in [3.8, 4) is 0 Å². The summed E-state index contributed by atoms with van der Waals surface area (Å²) in [6, 6.07) is 6.29. The minimum absolute atomic E-state index is 0.132. The molecule has 104 valence electrons. The number of hydrogen-bond acceptors (Lipinski definition) is 2. The average Bonchev–Trinajstić information content (AvgIpc) is 2.38. The van der Waals surface area contributed by atoms with Crippen molar-refractivity contribution in [3.05, 3.63) is 54.1 Å². The van der Waals surface area contributed by atoms with Crippen molar-refractivity contribution in [1.29, 1.82) is 0 Å². The van der Waals surface area contributed by atoms with Gasteiger partial charge in [-0.05, 0) is 49.9 Å². The Morgan fingerprint density at radius 1 is 1.05 bits per heavy atom. The van der Waals surface area contributed by atoms with Crippen LogP contribution in [0.2, 0.25) is 5.02 Å². The van der Waals surface area contributed by atoms with E-state index in [0.29, 0.717) is 16.3 Å². The first-order valence-corrected chi connectivity index (χ1v) is 8.33. The van der Waals surface area contributed by atoms with Gasteiger partial charge in [-0.1, -0.05) is 29.8 Å². The molecule has 0 unspecified atom stereocenters. The Morgan fingerprint density at radius 3 is 2.32 bits per heavy atom. The summed E-state index contributed by atoms with van der Waals surface area (Å²) in [5, 5.41) is 0.543. The van der Waals surface area contributed by atoms with Gasteiger partial charge in [-0.15, -0.1) is 6.58 Å². The Kier molecular flexibility index (Phi) is 6.89. The monoisotopic (exact) mass is 298 g/mol. The fraction of sp³-hybridized carbons (Fsp3) is 0.333. The number of unbranched alkanes of at least 4 members (excludes halogenated alkanes) is 2. The van der Waals surface area contributed by atoms with Crippen molar-refractivity contribution in [2.75, 3.05) is 5.75 Å². The Balaban J connectivity index is 2.43. The second kappa shape index (κ2) is 8.18. The van der Waals surface area contributed by atoms with Gasteiger partial charge in [0.2, 0.25) is 0 Å². The Hall–Kier alpha value is -1.06. The van der Waals surface area contributed by atoms with Crippen molar-refractivity contribution in [2.45, 2.75) is 30.6 Å². The Bertz CT molecular complexity index is 516. The fourth-order valence-electron chi connectivity index (χ4n) is 1.60. The van der Waals surface area contributed by atoms with E-state index in [1.807, 2.05) is 18.2 Å². The summed E-state index contributed by atoms with van der Waals surface area (Å²) < 4.78 is 24.0. The Morgan fingerprint density at radius 2 is 1.68 bits per heavy atom. The molecule has 2 nitrogen and oxygen atoms in total. The summed E-state index contributed by atoms with van der Waals surface area (Å²) in [5.74, 6) is 0.132. The normalized spacial score (nSPS) is 11.8. The third kappa shape index (κ3) is 6.08. The van der Waals surface area contributed by atoms with Gasteiger partial charge in [0.05, 0.1) is 10.6 Å². The summed E-state index contributed by atoms with van der Waals surface area (Å²) in [6.07, 6.45) is 9.40. The zero-order valence-corrected chi connectivity index (χ0v) is 12.5. The Labute approximate surface area is 120 Å². The van der Waals surface area contributed by atoms with Gasteiger partial charge < -0.3 is 0 Å². The molecule has 0 aliphatic rings. The van der Waals surface area contributed by atoms with Crippen molar-refractivity contribution in [1.82, 2.24) is 0 Å². The van der Waals surface area contributed by atoms with Crippen molar-refractivity contribution < 1.29 is 8.42 Å². The summed E-state index contributed by atoms with van der Waals surface area (Å²) in [6.45, 7) is 3.65. The highest BCUT2D eigenvalue weighted by Crippen LogP contribution is 2.16. The van der Waals surface area contributed by atoms with Gasteiger partial charge in [0, 0.05) is 5.02 Å². The molecule has 0 aromatic heterocycles. The van der Waals surface area contributed by atoms with Crippen molar-refractivity contribution >= 4 is 21.4 Å². The molecule has 0 heterocycles. The molecule has 1 rings (SSSR count). The first kappa shape index (κ1) is 16.0. The van der Waals surface area contributed by atoms with Gasteiger partial charge >= 0.3 is 0 Å². The largest absolute Gasteiger partial charge is 0.224 e. The lowest BCUT2D eigenvalue weighted by Crippen LogP contribution is -2.05. The van der Waals surface area contributed by atoms with Crippen LogP contribution in [0.3, 0.4) is 0 Å². The zero-order chi connectivity index (χ0) is 14.1. The van der Waals surface area contributed by atoms with Crippen LogP contribution in [-0.2, 0) is 9.84 Å². The van der Waals surface area contributed by atoms with Gasteiger partial charge in [0.15, 0.2) is 9.84 Å². The highest BCUT2D eigenvalue weighted by Gasteiger charge is 2.12. The van der Waals surface area contributed by atoms with Gasteiger partial charge in [0.1, 0.15) is 0 Å². The quantitative estimate of drug-likeness (QED) is 0.526. The lowest BCUT2D eigenvalue weighted by Gasteiger charge is -2.02. The molecule has 0 aliphatic carbocycles. The lowest BCUT2D eigenvalue weighted by molar-refractivity contribution is 0.595.